The Labute approximate surface area is 175 Å². The molecule has 3 fully saturated rings. The zero-order valence-electron chi connectivity index (χ0n) is 16.1. The quantitative estimate of drug-likeness (QED) is 0.307. The molecule has 0 bridgehead atoms. The second kappa shape index (κ2) is 10.4. The van der Waals surface area contributed by atoms with Crippen LogP contribution >= 0.6 is 7.49 Å². The molecule has 0 spiro atoms. The molecule has 0 N–H and O–H groups in total. The average molecular weight is 500 g/mol. The topological polar surface area (TPSA) is 26.3 Å². The minimum absolute atomic E-state index is 0. The van der Waals surface area contributed by atoms with E-state index in [1.54, 1.807) is 0 Å². The van der Waals surface area contributed by atoms with Crippen molar-refractivity contribution < 1.29 is 42.9 Å². The number of hydrogen-bond acceptors (Lipinski definition) is 2. The van der Waals surface area contributed by atoms with Crippen molar-refractivity contribution in [2.45, 2.75) is 119 Å². The molecule has 0 unspecified atom stereocenters. The van der Waals surface area contributed by atoms with Crippen LogP contribution in [0, 0.1) is 0 Å². The van der Waals surface area contributed by atoms with Gasteiger partial charge in [0.1, 0.15) is 17.0 Å². The van der Waals surface area contributed by atoms with E-state index in [1.807, 2.05) is 0 Å². The van der Waals surface area contributed by atoms with E-state index in [-0.39, 0.29) is 37.4 Å². The molecule has 0 saturated heterocycles. The van der Waals surface area contributed by atoms with E-state index in [0.29, 0.717) is 0 Å². The van der Waals surface area contributed by atoms with Gasteiger partial charge in [-0.05, 0) is 77.0 Å². The Morgan fingerprint density at radius 2 is 0.963 bits per heavy atom. The van der Waals surface area contributed by atoms with Crippen LogP contribution in [-0.4, -0.2) is 29.1 Å². The van der Waals surface area contributed by atoms with E-state index < -0.39 is 19.6 Å². The molecule has 0 aromatic carbocycles. The molecule has 3 aliphatic carbocycles. The summed E-state index contributed by atoms with van der Waals surface area (Å²) >= 11 is 0. The molecule has 3 saturated carbocycles. The summed E-state index contributed by atoms with van der Waals surface area (Å²) in [5.41, 5.74) is 0.649. The van der Waals surface area contributed by atoms with Crippen molar-refractivity contribution in [2.24, 2.45) is 0 Å². The number of carbonyl (C=O) groups excluding carboxylic acids is 1. The largest absolute Gasteiger partial charge is 0.495 e. The Balaban J connectivity index is 0.00000261. The maximum absolute atomic E-state index is 13.2. The molecule has 0 atom stereocenters. The maximum Gasteiger partial charge on any atom is 0.495 e. The zero-order chi connectivity index (χ0) is 18.6. The summed E-state index contributed by atoms with van der Waals surface area (Å²) in [5.74, 6) is -1.90. The number of hydrogen-bond donors (Lipinski definition) is 0. The van der Waals surface area contributed by atoms with Gasteiger partial charge in [-0.2, -0.15) is 13.2 Å². The van der Waals surface area contributed by atoms with E-state index >= 15 is 0 Å². The molecule has 0 amide bonds. The normalized spacial score (nSPS) is 24.3. The van der Waals surface area contributed by atoms with E-state index in [9.17, 15) is 18.0 Å². The molecule has 0 heterocycles. The van der Waals surface area contributed by atoms with Crippen molar-refractivity contribution in [1.82, 2.24) is 0 Å². The Morgan fingerprint density at radius 3 is 1.22 bits per heavy atom. The second-order valence-corrected chi connectivity index (χ2v) is 12.4. The molecule has 0 aromatic heterocycles. The summed E-state index contributed by atoms with van der Waals surface area (Å²) in [4.78, 5) is 12.1. The van der Waals surface area contributed by atoms with Gasteiger partial charge in [-0.3, -0.25) is 0 Å². The number of carbonyl (C=O) groups is 1. The Morgan fingerprint density at radius 1 is 0.667 bits per heavy atom. The summed E-state index contributed by atoms with van der Waals surface area (Å²) in [6.45, 7) is 0. The van der Waals surface area contributed by atoms with Crippen molar-refractivity contribution in [3.05, 3.63) is 0 Å². The third kappa shape index (κ3) is 5.49. The molecule has 0 aromatic rings. The van der Waals surface area contributed by atoms with Crippen LogP contribution in [0.2, 0.25) is 0 Å². The molecule has 7 heteroatoms. The van der Waals surface area contributed by atoms with Gasteiger partial charge in [0.15, 0.2) is 0 Å². The van der Waals surface area contributed by atoms with Gasteiger partial charge in [0.2, 0.25) is 7.49 Å². The number of halogens is 3. The third-order valence-electron chi connectivity index (χ3n) is 6.91. The summed E-state index contributed by atoms with van der Waals surface area (Å²) in [5, 5.41) is 0. The van der Waals surface area contributed by atoms with E-state index in [1.165, 1.54) is 19.3 Å². The van der Waals surface area contributed by atoms with Crippen molar-refractivity contribution in [3.8, 4) is 0 Å². The predicted molar refractivity (Wildman–Crippen MR) is 99.7 cm³/mol. The maximum atomic E-state index is 13.2. The Hall–Kier alpha value is 0.352. The van der Waals surface area contributed by atoms with Gasteiger partial charge in [0.25, 0.3) is 0 Å². The monoisotopic (exact) mass is 499 g/mol. The van der Waals surface area contributed by atoms with Crippen LogP contribution in [0.5, 0.6) is 0 Å². The zero-order valence-corrected chi connectivity index (χ0v) is 18.5. The van der Waals surface area contributed by atoms with E-state index in [2.05, 4.69) is 0 Å². The Bertz CT molecular complexity index is 423. The minimum Gasteiger partial charge on any atom is -0.303 e. The Kier molecular flexibility index (Phi) is 9.10. The van der Waals surface area contributed by atoms with Crippen molar-refractivity contribution in [1.29, 1.82) is 0 Å². The van der Waals surface area contributed by atoms with E-state index in [0.717, 1.165) is 77.0 Å². The van der Waals surface area contributed by atoms with Crippen LogP contribution in [0.1, 0.15) is 96.3 Å². The smallest absolute Gasteiger partial charge is 0.303 e. The van der Waals surface area contributed by atoms with Gasteiger partial charge >= 0.3 is 12.1 Å². The number of alkyl halides is 3. The standard InChI is InChI=1S/C20H33F3O2P.Pd/c21-20(22,23)19(24)25-26(16-10-4-1-5-11-16,17-12-6-2-7-13-17)18-14-8-3-9-15-18;/h16-18H,1-15H2;/q+1;. The first-order chi connectivity index (χ1) is 12.4. The van der Waals surface area contributed by atoms with Crippen LogP contribution in [0.4, 0.5) is 13.2 Å². The summed E-state index contributed by atoms with van der Waals surface area (Å²) in [7, 11) is -2.44. The first-order valence-corrected chi connectivity index (χ1v) is 12.5. The first-order valence-electron chi connectivity index (χ1n) is 10.6. The molecule has 27 heavy (non-hydrogen) atoms. The fourth-order valence-electron chi connectivity index (χ4n) is 5.77. The molecule has 3 aliphatic rings. The molecule has 2 nitrogen and oxygen atoms in total. The summed E-state index contributed by atoms with van der Waals surface area (Å²) in [6, 6.07) is 0. The summed E-state index contributed by atoms with van der Waals surface area (Å²) < 4.78 is 45.4. The SMILES string of the molecule is O=C(O[P+](C1CCCCC1)(C1CCCCC1)C1CCCCC1)C(F)(F)F.[Pd]. The minimum atomic E-state index is -4.87. The van der Waals surface area contributed by atoms with Crippen LogP contribution in [0.3, 0.4) is 0 Å². The van der Waals surface area contributed by atoms with Crippen molar-refractivity contribution in [3.63, 3.8) is 0 Å². The fraction of sp³-hybridized carbons (Fsp3) is 0.950. The fourth-order valence-corrected chi connectivity index (χ4v) is 11.9. The van der Waals surface area contributed by atoms with Crippen molar-refractivity contribution >= 4 is 13.5 Å². The first kappa shape index (κ1) is 23.6. The predicted octanol–water partition coefficient (Wildman–Crippen LogP) is 7.02. The molecular formula is C20H33F3O2PPd+. The molecule has 160 valence electrons. The number of rotatable bonds is 4. The average Bonchev–Trinajstić information content (AvgIpc) is 2.67. The van der Waals surface area contributed by atoms with Gasteiger partial charge in [-0.25, -0.2) is 4.79 Å². The van der Waals surface area contributed by atoms with E-state index in [4.69, 9.17) is 4.52 Å². The molecular weight excluding hydrogens is 467 g/mol. The second-order valence-electron chi connectivity index (χ2n) is 8.52. The summed E-state index contributed by atoms with van der Waals surface area (Å²) in [6.07, 6.45) is 10.9. The molecule has 0 radical (unpaired) electrons. The van der Waals surface area contributed by atoms with Gasteiger partial charge in [0, 0.05) is 20.4 Å². The van der Waals surface area contributed by atoms with Crippen LogP contribution in [0.25, 0.3) is 0 Å². The van der Waals surface area contributed by atoms with Gasteiger partial charge in [0.05, 0.1) is 0 Å². The molecule has 0 aliphatic heterocycles. The molecule has 3 rings (SSSR count). The van der Waals surface area contributed by atoms with Gasteiger partial charge in [-0.15, -0.1) is 0 Å². The third-order valence-corrected chi connectivity index (χ3v) is 12.4. The van der Waals surface area contributed by atoms with Crippen LogP contribution < -0.4 is 0 Å². The van der Waals surface area contributed by atoms with Crippen molar-refractivity contribution in [2.75, 3.05) is 0 Å². The van der Waals surface area contributed by atoms with Crippen LogP contribution in [-0.2, 0) is 29.7 Å². The van der Waals surface area contributed by atoms with Gasteiger partial charge in [-0.1, -0.05) is 19.3 Å². The van der Waals surface area contributed by atoms with Crippen LogP contribution in [0.15, 0.2) is 0 Å². The van der Waals surface area contributed by atoms with Gasteiger partial charge < -0.3 is 4.52 Å².